The Morgan fingerprint density at radius 1 is 0.528 bits per heavy atom. The minimum Gasteiger partial charge on any atom is -0.871 e. The fourth-order valence-corrected chi connectivity index (χ4v) is 1.48. The van der Waals surface area contributed by atoms with E-state index in [1.54, 1.807) is 0 Å². The number of hydrogen-bond acceptors (Lipinski definition) is 15. The summed E-state index contributed by atoms with van der Waals surface area (Å²) >= 11 is 0. The molecule has 0 atom stereocenters. The first-order valence-electron chi connectivity index (χ1n) is 7.80. The molecule has 0 rings (SSSR count). The molecule has 0 heterocycles. The molecule has 0 spiro atoms. The van der Waals surface area contributed by atoms with Crippen molar-refractivity contribution in [3.63, 3.8) is 0 Å². The van der Waals surface area contributed by atoms with Gasteiger partial charge in [0, 0.05) is 13.1 Å². The van der Waals surface area contributed by atoms with Crippen molar-refractivity contribution in [3.8, 4) is 0 Å². The first-order valence-corrected chi connectivity index (χ1v) is 7.80. The number of aliphatic carboxylic acids is 4. The van der Waals surface area contributed by atoms with E-state index in [2.05, 4.69) is 0 Å². The predicted molar refractivity (Wildman–Crippen MR) is 103 cm³/mol. The molecule has 0 aromatic heterocycles. The van der Waals surface area contributed by atoms with Crippen molar-refractivity contribution in [2.75, 3.05) is 39.3 Å². The van der Waals surface area contributed by atoms with Gasteiger partial charge in [0.25, 0.3) is 0 Å². The van der Waals surface area contributed by atoms with Crippen molar-refractivity contribution in [2.24, 2.45) is 0 Å². The third-order valence-corrected chi connectivity index (χ3v) is 2.17. The van der Waals surface area contributed by atoms with E-state index < -0.39 is 72.0 Å². The van der Waals surface area contributed by atoms with Crippen molar-refractivity contribution in [1.82, 2.24) is 9.80 Å². The summed E-state index contributed by atoms with van der Waals surface area (Å²) in [6.45, 7) is -2.25. The Hall–Kier alpha value is -0.445. The molecule has 0 aliphatic carbocycles. The zero-order valence-electron chi connectivity index (χ0n) is 19.2. The van der Waals surface area contributed by atoms with Crippen LogP contribution < -0.4 is 69.2 Å². The summed E-state index contributed by atoms with van der Waals surface area (Å²) in [5, 5.41) is 101. The van der Waals surface area contributed by atoms with Crippen LogP contribution in [0.5, 0.6) is 0 Å². The molecule has 0 saturated carbocycles. The van der Waals surface area contributed by atoms with Gasteiger partial charge < -0.3 is 76.6 Å². The van der Waals surface area contributed by atoms with Gasteiger partial charge in [-0.1, -0.05) is 0 Å². The number of carboxylic acids is 4. The molecular weight excluding hydrogens is 531 g/mol. The van der Waals surface area contributed by atoms with Crippen LogP contribution in [0.15, 0.2) is 0 Å². The Kier molecular flexibility index (Phi) is 57.0. The molecule has 0 amide bonds. The SMILES string of the molecule is O.O.O=C(O)CN(CCN(CC(=O)O)CC(=O)O)CC(=O)O.OB(O)O.OB(O)O.[Na+].[Na+].[O-]B([O-])O. The maximum Gasteiger partial charge on any atom is 1.00 e. The van der Waals surface area contributed by atoms with Gasteiger partial charge in [0.15, 0.2) is 0 Å². The Balaban J connectivity index is -0.0000000685. The van der Waals surface area contributed by atoms with Crippen molar-refractivity contribution < 1.29 is 155 Å². The van der Waals surface area contributed by atoms with Gasteiger partial charge in [0.05, 0.1) is 33.5 Å². The fraction of sp³-hybridized carbons (Fsp3) is 0.600. The van der Waals surface area contributed by atoms with Crippen LogP contribution in [0.3, 0.4) is 0 Å². The second kappa shape index (κ2) is 36.7. The van der Waals surface area contributed by atoms with Crippen LogP contribution in [0.2, 0.25) is 0 Å². The summed E-state index contributed by atoms with van der Waals surface area (Å²) in [4.78, 5) is 44.4. The predicted octanol–water partition coefficient (Wildman–Crippen LogP) is -17.1. The van der Waals surface area contributed by atoms with Gasteiger partial charge in [-0.15, -0.1) is 0 Å². The summed E-state index contributed by atoms with van der Waals surface area (Å²) < 4.78 is 0. The quantitative estimate of drug-likeness (QED) is 0.105. The second-order valence-electron chi connectivity index (χ2n) is 5.00. The molecule has 202 valence electrons. The van der Waals surface area contributed by atoms with Crippen molar-refractivity contribution in [2.45, 2.75) is 0 Å². The van der Waals surface area contributed by atoms with Gasteiger partial charge in [-0.3, -0.25) is 29.0 Å². The fourth-order valence-electron chi connectivity index (χ4n) is 1.48. The van der Waals surface area contributed by atoms with E-state index in [1.807, 2.05) is 0 Å². The number of carbonyl (C=O) groups is 4. The summed E-state index contributed by atoms with van der Waals surface area (Å²) in [7, 11) is -7.00. The molecule has 0 aromatic rings. The average Bonchev–Trinajstić information content (AvgIpc) is 2.48. The topological polar surface area (TPSA) is 406 Å². The molecule has 0 unspecified atom stereocenters. The van der Waals surface area contributed by atoms with E-state index in [0.717, 1.165) is 9.80 Å². The van der Waals surface area contributed by atoms with E-state index in [0.29, 0.717) is 0 Å². The van der Waals surface area contributed by atoms with Gasteiger partial charge in [0.1, 0.15) is 0 Å². The summed E-state index contributed by atoms with van der Waals surface area (Å²) in [5.41, 5.74) is 0. The standard InChI is InChI=1S/C10H16N2O8.2BH3O3.BHO3.2Na.2H2O/c13-7(14)3-11(4-8(15)16)1-2-12(5-9(17)18)6-10(19)20;3*2-1(3)4;;;;/h1-6H2,(H,13,14)(H,15,16)(H,17,18)(H,19,20);2*2-4H;2H;;;2*1H2/q;;;-2;2*+1;;. The molecule has 26 heteroatoms. The minimum atomic E-state index is -2.67. The average molecular weight is 558 g/mol. The van der Waals surface area contributed by atoms with E-state index >= 15 is 0 Å². The Bertz CT molecular complexity index is 445. The van der Waals surface area contributed by atoms with E-state index in [1.165, 1.54) is 0 Å². The molecule has 0 fully saturated rings. The zero-order chi connectivity index (χ0) is 26.4. The van der Waals surface area contributed by atoms with E-state index in [9.17, 15) is 19.2 Å². The Morgan fingerprint density at radius 3 is 0.722 bits per heavy atom. The van der Waals surface area contributed by atoms with Crippen molar-refractivity contribution in [3.05, 3.63) is 0 Å². The third-order valence-electron chi connectivity index (χ3n) is 2.17. The van der Waals surface area contributed by atoms with Crippen molar-refractivity contribution in [1.29, 1.82) is 0 Å². The number of rotatable bonds is 11. The molecule has 0 saturated heterocycles. The summed E-state index contributed by atoms with van der Waals surface area (Å²) in [5.74, 6) is -4.91. The molecule has 0 bridgehead atoms. The summed E-state index contributed by atoms with van der Waals surface area (Å²) in [6.07, 6.45) is 0. The van der Waals surface area contributed by atoms with Crippen LogP contribution in [-0.4, -0.2) is 161 Å². The maximum atomic E-state index is 10.6. The third kappa shape index (κ3) is 84.2. The molecule has 0 aromatic carbocycles. The smallest absolute Gasteiger partial charge is 0.871 e. The molecule has 0 aliphatic heterocycles. The minimum absolute atomic E-state index is 0. The monoisotopic (exact) mass is 558 g/mol. The van der Waals surface area contributed by atoms with Crippen LogP contribution in [0, 0.1) is 0 Å². The Labute approximate surface area is 248 Å². The molecule has 0 aliphatic rings. The first kappa shape index (κ1) is 55.9. The van der Waals surface area contributed by atoms with Crippen LogP contribution in [0.4, 0.5) is 0 Å². The Morgan fingerprint density at radius 2 is 0.639 bits per heavy atom. The van der Waals surface area contributed by atoms with Crippen LogP contribution in [0.1, 0.15) is 0 Å². The molecule has 0 radical (unpaired) electrons. The first-order chi connectivity index (χ1) is 14.4. The van der Waals surface area contributed by atoms with Gasteiger partial charge in [0.2, 0.25) is 0 Å². The van der Waals surface area contributed by atoms with E-state index in [4.69, 9.17) is 65.6 Å². The second-order valence-corrected chi connectivity index (χ2v) is 5.00. The van der Waals surface area contributed by atoms with Gasteiger partial charge in [-0.2, -0.15) is 0 Å². The molecule has 21 nitrogen and oxygen atoms in total. The van der Waals surface area contributed by atoms with Crippen molar-refractivity contribution >= 4 is 45.8 Å². The van der Waals surface area contributed by atoms with Gasteiger partial charge in [-0.25, -0.2) is 0 Å². The van der Waals surface area contributed by atoms with Crippen LogP contribution >= 0.6 is 0 Å². The van der Waals surface area contributed by atoms with Gasteiger partial charge >= 0.3 is 97.6 Å². The zero-order valence-corrected chi connectivity index (χ0v) is 23.2. The maximum absolute atomic E-state index is 10.6. The van der Waals surface area contributed by atoms with Gasteiger partial charge in [-0.05, 0) is 0 Å². The summed E-state index contributed by atoms with van der Waals surface area (Å²) in [6, 6.07) is 0. The van der Waals surface area contributed by atoms with Crippen LogP contribution in [-0.2, 0) is 19.2 Å². The van der Waals surface area contributed by atoms with E-state index in [-0.39, 0.29) is 83.2 Å². The number of hydrogen-bond donors (Lipinski definition) is 11. The molecule has 36 heavy (non-hydrogen) atoms. The number of nitrogens with zero attached hydrogens (tertiary/aromatic N) is 2. The molecular formula is C10H27B3N2Na2O19. The number of carboxylic acid groups (broad SMARTS) is 4. The van der Waals surface area contributed by atoms with Crippen LogP contribution in [0.25, 0.3) is 0 Å². The molecule has 15 N–H and O–H groups in total. The normalized spacial score (nSPS) is 8.19. The largest absolute Gasteiger partial charge is 1.00 e.